The van der Waals surface area contributed by atoms with Gasteiger partial charge in [0.2, 0.25) is 5.91 Å². The number of nitrogens with two attached hydrogens (primary N) is 1. The van der Waals surface area contributed by atoms with Crippen LogP contribution < -0.4 is 10.5 Å². The Bertz CT molecular complexity index is 678. The van der Waals surface area contributed by atoms with E-state index in [4.69, 9.17) is 26.8 Å². The average Bonchev–Trinajstić information content (AvgIpc) is 3.10. The molecule has 1 saturated heterocycles. The number of hydrogen-bond acceptors (Lipinski definition) is 6. The van der Waals surface area contributed by atoms with Crippen LogP contribution in [0.25, 0.3) is 0 Å². The van der Waals surface area contributed by atoms with Gasteiger partial charge in [-0.1, -0.05) is 22.9 Å². The third kappa shape index (κ3) is 5.37. The average molecular weight is 430 g/mol. The number of rotatable bonds is 7. The monoisotopic (exact) mass is 429 g/mol. The summed E-state index contributed by atoms with van der Waals surface area (Å²) < 4.78 is 11.4. The Labute approximate surface area is 174 Å². The van der Waals surface area contributed by atoms with E-state index in [0.717, 1.165) is 32.2 Å². The molecule has 2 fully saturated rings. The van der Waals surface area contributed by atoms with E-state index >= 15 is 0 Å². The Morgan fingerprint density at radius 2 is 2.04 bits per heavy atom. The lowest BCUT2D eigenvalue weighted by atomic mass is 9.86. The molecule has 1 aromatic heterocycles. The van der Waals surface area contributed by atoms with Gasteiger partial charge in [-0.15, -0.1) is 0 Å². The highest BCUT2D eigenvalue weighted by atomic mass is 35.5. The number of amides is 2. The SMILES string of the molecule is COC[C@H]1C(=O)N(CC2CCC(N)CC2)CCN1C(=O)COc1ccc(Cl)s1. The van der Waals surface area contributed by atoms with E-state index < -0.39 is 6.04 Å². The smallest absolute Gasteiger partial charge is 0.261 e. The summed E-state index contributed by atoms with van der Waals surface area (Å²) >= 11 is 7.15. The Kier molecular flexibility index (Phi) is 7.56. The zero-order valence-electron chi connectivity index (χ0n) is 16.1. The van der Waals surface area contributed by atoms with Gasteiger partial charge in [0.15, 0.2) is 11.7 Å². The summed E-state index contributed by atoms with van der Waals surface area (Å²) in [5.41, 5.74) is 5.98. The van der Waals surface area contributed by atoms with E-state index in [-0.39, 0.29) is 25.0 Å². The Morgan fingerprint density at radius 1 is 1.29 bits per heavy atom. The number of piperazine rings is 1. The van der Waals surface area contributed by atoms with E-state index in [1.165, 1.54) is 11.3 Å². The quantitative estimate of drug-likeness (QED) is 0.716. The maximum Gasteiger partial charge on any atom is 0.261 e. The lowest BCUT2D eigenvalue weighted by Gasteiger charge is -2.42. The van der Waals surface area contributed by atoms with Crippen LogP contribution in [-0.2, 0) is 14.3 Å². The van der Waals surface area contributed by atoms with Crippen molar-refractivity contribution in [1.82, 2.24) is 9.80 Å². The molecule has 0 radical (unpaired) electrons. The van der Waals surface area contributed by atoms with Gasteiger partial charge < -0.3 is 25.0 Å². The number of hydrogen-bond donors (Lipinski definition) is 1. The summed E-state index contributed by atoms with van der Waals surface area (Å²) in [6.45, 7) is 1.82. The molecule has 156 valence electrons. The van der Waals surface area contributed by atoms with E-state index in [9.17, 15) is 9.59 Å². The summed E-state index contributed by atoms with van der Waals surface area (Å²) in [5, 5.41) is 0.585. The molecule has 1 aliphatic heterocycles. The maximum atomic E-state index is 13.0. The molecule has 2 heterocycles. The first kappa shape index (κ1) is 21.4. The fourth-order valence-corrected chi connectivity index (χ4v) is 4.78. The van der Waals surface area contributed by atoms with Crippen LogP contribution in [-0.4, -0.2) is 73.7 Å². The van der Waals surface area contributed by atoms with Gasteiger partial charge in [0, 0.05) is 32.8 Å². The van der Waals surface area contributed by atoms with Crippen molar-refractivity contribution in [1.29, 1.82) is 0 Å². The second-order valence-electron chi connectivity index (χ2n) is 7.47. The first-order valence-corrected chi connectivity index (χ1v) is 10.9. The largest absolute Gasteiger partial charge is 0.474 e. The van der Waals surface area contributed by atoms with Crippen molar-refractivity contribution >= 4 is 34.8 Å². The molecule has 0 aromatic carbocycles. The van der Waals surface area contributed by atoms with Gasteiger partial charge in [0.1, 0.15) is 6.04 Å². The van der Waals surface area contributed by atoms with Crippen LogP contribution in [0.5, 0.6) is 5.06 Å². The number of nitrogens with zero attached hydrogens (tertiary/aromatic N) is 2. The maximum absolute atomic E-state index is 13.0. The second-order valence-corrected chi connectivity index (χ2v) is 9.15. The summed E-state index contributed by atoms with van der Waals surface area (Å²) in [5.74, 6) is 0.222. The summed E-state index contributed by atoms with van der Waals surface area (Å²) in [6.07, 6.45) is 4.14. The Morgan fingerprint density at radius 3 is 2.68 bits per heavy atom. The molecule has 0 spiro atoms. The number of ether oxygens (including phenoxy) is 2. The fraction of sp³-hybridized carbons (Fsp3) is 0.684. The lowest BCUT2D eigenvalue weighted by Crippen LogP contribution is -2.61. The highest BCUT2D eigenvalue weighted by Crippen LogP contribution is 2.28. The molecule has 3 rings (SSSR count). The van der Waals surface area contributed by atoms with Crippen molar-refractivity contribution in [3.05, 3.63) is 16.5 Å². The van der Waals surface area contributed by atoms with Gasteiger partial charge in [0.25, 0.3) is 5.91 Å². The fourth-order valence-electron chi connectivity index (χ4n) is 3.91. The normalized spacial score (nSPS) is 25.8. The molecular formula is C19H28ClN3O4S. The predicted molar refractivity (Wildman–Crippen MR) is 109 cm³/mol. The molecule has 2 aliphatic rings. The molecule has 2 amide bonds. The van der Waals surface area contributed by atoms with Crippen molar-refractivity contribution in [3.63, 3.8) is 0 Å². The molecule has 2 N–H and O–H groups in total. The number of carbonyl (C=O) groups is 2. The molecule has 1 aromatic rings. The second kappa shape index (κ2) is 9.91. The minimum atomic E-state index is -0.604. The number of thiophene rings is 1. The topological polar surface area (TPSA) is 85.1 Å². The third-order valence-corrected chi connectivity index (χ3v) is 6.63. The highest BCUT2D eigenvalue weighted by molar-refractivity contribution is 7.17. The molecule has 28 heavy (non-hydrogen) atoms. The standard InChI is InChI=1S/C19H28ClN3O4S/c1-26-11-15-19(25)22(10-13-2-4-14(21)5-3-13)8-9-23(15)17(24)12-27-18-7-6-16(20)28-18/h6-7,13-15H,2-5,8-12,21H2,1H3/t13?,14?,15-/m0/s1. The van der Waals surface area contributed by atoms with Crippen molar-refractivity contribution in [2.45, 2.75) is 37.8 Å². The van der Waals surface area contributed by atoms with Crippen LogP contribution in [0.4, 0.5) is 0 Å². The van der Waals surface area contributed by atoms with Crippen LogP contribution in [0, 0.1) is 5.92 Å². The highest BCUT2D eigenvalue weighted by Gasteiger charge is 2.38. The van der Waals surface area contributed by atoms with E-state index in [1.54, 1.807) is 24.1 Å². The first-order chi connectivity index (χ1) is 13.5. The predicted octanol–water partition coefficient (Wildman–Crippen LogP) is 1.98. The van der Waals surface area contributed by atoms with Crippen LogP contribution in [0.15, 0.2) is 12.1 Å². The lowest BCUT2D eigenvalue weighted by molar-refractivity contribution is -0.155. The molecule has 0 unspecified atom stereocenters. The number of methoxy groups -OCH3 is 1. The van der Waals surface area contributed by atoms with Crippen molar-refractivity contribution in [3.8, 4) is 5.06 Å². The summed E-state index contributed by atoms with van der Waals surface area (Å²) in [7, 11) is 1.54. The van der Waals surface area contributed by atoms with E-state index in [1.807, 2.05) is 4.90 Å². The molecule has 1 saturated carbocycles. The van der Waals surface area contributed by atoms with Crippen molar-refractivity contribution < 1.29 is 19.1 Å². The van der Waals surface area contributed by atoms with Gasteiger partial charge in [-0.2, -0.15) is 0 Å². The molecule has 7 nitrogen and oxygen atoms in total. The summed E-state index contributed by atoms with van der Waals surface area (Å²) in [4.78, 5) is 29.2. The number of halogens is 1. The van der Waals surface area contributed by atoms with Gasteiger partial charge in [-0.05, 0) is 43.7 Å². The summed E-state index contributed by atoms with van der Waals surface area (Å²) in [6, 6.07) is 3.14. The molecule has 0 bridgehead atoms. The zero-order valence-corrected chi connectivity index (χ0v) is 17.7. The Balaban J connectivity index is 1.57. The van der Waals surface area contributed by atoms with E-state index in [2.05, 4.69) is 0 Å². The van der Waals surface area contributed by atoms with E-state index in [0.29, 0.717) is 34.4 Å². The van der Waals surface area contributed by atoms with Crippen LogP contribution >= 0.6 is 22.9 Å². The van der Waals surface area contributed by atoms with Crippen LogP contribution in [0.3, 0.4) is 0 Å². The zero-order chi connectivity index (χ0) is 20.1. The van der Waals surface area contributed by atoms with Crippen molar-refractivity contribution in [2.75, 3.05) is 40.0 Å². The molecule has 1 aliphatic carbocycles. The minimum Gasteiger partial charge on any atom is -0.474 e. The van der Waals surface area contributed by atoms with Crippen LogP contribution in [0.2, 0.25) is 4.34 Å². The number of carbonyl (C=O) groups excluding carboxylic acids is 2. The first-order valence-electron chi connectivity index (χ1n) is 9.69. The Hall–Kier alpha value is -1.35. The van der Waals surface area contributed by atoms with Gasteiger partial charge in [-0.3, -0.25) is 9.59 Å². The van der Waals surface area contributed by atoms with Gasteiger partial charge in [-0.25, -0.2) is 0 Å². The molecule has 9 heteroatoms. The molecular weight excluding hydrogens is 402 g/mol. The third-order valence-electron chi connectivity index (χ3n) is 5.49. The van der Waals surface area contributed by atoms with Crippen molar-refractivity contribution in [2.24, 2.45) is 11.7 Å². The minimum absolute atomic E-state index is 0.0458. The molecule has 1 atom stereocenters. The van der Waals surface area contributed by atoms with Gasteiger partial charge >= 0.3 is 0 Å². The van der Waals surface area contributed by atoms with Gasteiger partial charge in [0.05, 0.1) is 10.9 Å². The van der Waals surface area contributed by atoms with Crippen LogP contribution in [0.1, 0.15) is 25.7 Å².